The minimum atomic E-state index is -0.328. The predicted octanol–water partition coefficient (Wildman–Crippen LogP) is 3.00. The van der Waals surface area contributed by atoms with Gasteiger partial charge in [0, 0.05) is 12.1 Å². The zero-order valence-electron chi connectivity index (χ0n) is 13.2. The molecular weight excluding hydrogens is 308 g/mol. The van der Waals surface area contributed by atoms with Crippen molar-refractivity contribution in [3.63, 3.8) is 0 Å². The third-order valence-corrected chi connectivity index (χ3v) is 4.67. The van der Waals surface area contributed by atoms with Gasteiger partial charge in [0.05, 0.1) is 5.69 Å². The minimum Gasteiger partial charge on any atom is -0.453 e. The van der Waals surface area contributed by atoms with Crippen LogP contribution >= 0.6 is 0 Å². The van der Waals surface area contributed by atoms with Gasteiger partial charge in [0.15, 0.2) is 12.0 Å². The van der Waals surface area contributed by atoms with E-state index in [0.29, 0.717) is 24.3 Å². The molecule has 0 radical (unpaired) electrons. The molecule has 3 heterocycles. The molecular formula is C18H16N2O4. The van der Waals surface area contributed by atoms with Crippen LogP contribution < -0.4 is 4.90 Å². The highest BCUT2D eigenvalue weighted by Crippen LogP contribution is 2.35. The number of carbonyl (C=O) groups is 3. The summed E-state index contributed by atoms with van der Waals surface area (Å²) in [7, 11) is 0. The number of benzene rings is 1. The molecule has 1 aromatic carbocycles. The second kappa shape index (κ2) is 5.33. The fourth-order valence-electron chi connectivity index (χ4n) is 3.42. The van der Waals surface area contributed by atoms with Crippen LogP contribution in [0.25, 0.3) is 11.3 Å². The molecule has 0 spiro atoms. The lowest BCUT2D eigenvalue weighted by atomic mass is 10.1. The van der Waals surface area contributed by atoms with Gasteiger partial charge in [-0.2, -0.15) is 0 Å². The molecule has 6 heteroatoms. The van der Waals surface area contributed by atoms with Crippen LogP contribution in [0.2, 0.25) is 0 Å². The van der Waals surface area contributed by atoms with Gasteiger partial charge in [-0.05, 0) is 43.5 Å². The number of fused-ring (bicyclic) bond motifs is 1. The predicted molar refractivity (Wildman–Crippen MR) is 86.9 cm³/mol. The molecule has 1 aromatic heterocycles. The third-order valence-electron chi connectivity index (χ3n) is 4.67. The van der Waals surface area contributed by atoms with Crippen LogP contribution in [0.5, 0.6) is 0 Å². The average molecular weight is 324 g/mol. The number of furan rings is 1. The van der Waals surface area contributed by atoms with Crippen LogP contribution in [-0.2, 0) is 4.79 Å². The molecule has 6 nitrogen and oxygen atoms in total. The molecule has 1 unspecified atom stereocenters. The number of anilines is 1. The second-order valence-corrected chi connectivity index (χ2v) is 6.13. The molecule has 1 atom stereocenters. The van der Waals surface area contributed by atoms with E-state index in [1.807, 2.05) is 19.1 Å². The third kappa shape index (κ3) is 2.06. The lowest BCUT2D eigenvalue weighted by Crippen LogP contribution is -2.33. The first kappa shape index (κ1) is 14.7. The molecule has 0 aliphatic carbocycles. The Morgan fingerprint density at radius 1 is 1.21 bits per heavy atom. The Bertz CT molecular complexity index is 832. The van der Waals surface area contributed by atoms with E-state index >= 15 is 0 Å². The Hall–Kier alpha value is -2.89. The van der Waals surface area contributed by atoms with E-state index < -0.39 is 0 Å². The molecule has 2 aromatic rings. The molecule has 3 amide bonds. The molecule has 122 valence electrons. The first-order valence-corrected chi connectivity index (χ1v) is 7.91. The van der Waals surface area contributed by atoms with Gasteiger partial charge < -0.3 is 9.32 Å². The standard InChI is InChI=1S/C18H16N2O4/c1-11-4-5-12(16-7-6-13(10-21)24-16)9-15(11)20-17(22)14-3-2-8-19(14)18(20)23/h4-7,9-10,14H,2-3,8H2,1H3. The summed E-state index contributed by atoms with van der Waals surface area (Å²) < 4.78 is 5.44. The van der Waals surface area contributed by atoms with E-state index in [1.54, 1.807) is 23.1 Å². The van der Waals surface area contributed by atoms with Crippen LogP contribution in [0.4, 0.5) is 10.5 Å². The number of urea groups is 1. The Morgan fingerprint density at radius 2 is 2.04 bits per heavy atom. The maximum Gasteiger partial charge on any atom is 0.332 e. The summed E-state index contributed by atoms with van der Waals surface area (Å²) in [5, 5.41) is 0. The molecule has 2 aliphatic heterocycles. The average Bonchev–Trinajstić information content (AvgIpc) is 3.29. The number of hydrogen-bond donors (Lipinski definition) is 0. The van der Waals surface area contributed by atoms with Crippen molar-refractivity contribution in [2.24, 2.45) is 0 Å². The van der Waals surface area contributed by atoms with Crippen molar-refractivity contribution in [2.45, 2.75) is 25.8 Å². The lowest BCUT2D eigenvalue weighted by molar-refractivity contribution is -0.119. The molecule has 2 aliphatic rings. The highest BCUT2D eigenvalue weighted by atomic mass is 16.3. The Kier molecular flexibility index (Phi) is 3.26. The monoisotopic (exact) mass is 324 g/mol. The number of amides is 3. The van der Waals surface area contributed by atoms with E-state index in [1.165, 1.54) is 4.90 Å². The van der Waals surface area contributed by atoms with Crippen LogP contribution in [0, 0.1) is 6.92 Å². The normalized spacial score (nSPS) is 20.0. The van der Waals surface area contributed by atoms with E-state index in [4.69, 9.17) is 4.42 Å². The van der Waals surface area contributed by atoms with Crippen LogP contribution in [0.1, 0.15) is 29.0 Å². The van der Waals surface area contributed by atoms with Crippen molar-refractivity contribution in [3.05, 3.63) is 41.7 Å². The summed E-state index contributed by atoms with van der Waals surface area (Å²) in [5.41, 5.74) is 2.13. The van der Waals surface area contributed by atoms with Crippen molar-refractivity contribution < 1.29 is 18.8 Å². The summed E-state index contributed by atoms with van der Waals surface area (Å²) in [6.45, 7) is 2.49. The molecule has 2 fully saturated rings. The van der Waals surface area contributed by atoms with Gasteiger partial charge in [0.2, 0.25) is 0 Å². The molecule has 0 saturated carbocycles. The first-order chi connectivity index (χ1) is 11.6. The van der Waals surface area contributed by atoms with Gasteiger partial charge in [-0.15, -0.1) is 0 Å². The largest absolute Gasteiger partial charge is 0.453 e. The SMILES string of the molecule is Cc1ccc(-c2ccc(C=O)o2)cc1N1C(=O)C2CCCN2C1=O. The lowest BCUT2D eigenvalue weighted by Gasteiger charge is -2.18. The van der Waals surface area contributed by atoms with Crippen molar-refractivity contribution in [3.8, 4) is 11.3 Å². The van der Waals surface area contributed by atoms with Crippen molar-refractivity contribution in [2.75, 3.05) is 11.4 Å². The van der Waals surface area contributed by atoms with Gasteiger partial charge in [-0.1, -0.05) is 12.1 Å². The molecule has 24 heavy (non-hydrogen) atoms. The first-order valence-electron chi connectivity index (χ1n) is 7.91. The Labute approximate surface area is 138 Å². The summed E-state index contributed by atoms with van der Waals surface area (Å²) in [4.78, 5) is 38.9. The zero-order chi connectivity index (χ0) is 16.8. The zero-order valence-corrected chi connectivity index (χ0v) is 13.2. The van der Waals surface area contributed by atoms with Gasteiger partial charge in [-0.25, -0.2) is 9.69 Å². The molecule has 2 saturated heterocycles. The summed E-state index contributed by atoms with van der Waals surface area (Å²) in [6.07, 6.45) is 2.23. The fraction of sp³-hybridized carbons (Fsp3) is 0.278. The number of imide groups is 1. The topological polar surface area (TPSA) is 70.8 Å². The quantitative estimate of drug-likeness (QED) is 0.643. The molecule has 0 N–H and O–H groups in total. The number of rotatable bonds is 3. The van der Waals surface area contributed by atoms with E-state index in [9.17, 15) is 14.4 Å². The van der Waals surface area contributed by atoms with E-state index in [-0.39, 0.29) is 23.7 Å². The van der Waals surface area contributed by atoms with Crippen LogP contribution in [0.15, 0.2) is 34.7 Å². The summed E-state index contributed by atoms with van der Waals surface area (Å²) in [6, 6.07) is 8.16. The number of carbonyl (C=O) groups excluding carboxylic acids is 3. The number of aryl methyl sites for hydroxylation is 1. The smallest absolute Gasteiger partial charge is 0.332 e. The minimum absolute atomic E-state index is 0.161. The second-order valence-electron chi connectivity index (χ2n) is 6.13. The van der Waals surface area contributed by atoms with Gasteiger partial charge in [0.1, 0.15) is 11.8 Å². The summed E-state index contributed by atoms with van der Waals surface area (Å²) in [5.74, 6) is 0.602. The maximum absolute atomic E-state index is 12.6. The van der Waals surface area contributed by atoms with Gasteiger partial charge in [-0.3, -0.25) is 9.59 Å². The van der Waals surface area contributed by atoms with Crippen molar-refractivity contribution >= 4 is 23.9 Å². The Morgan fingerprint density at radius 3 is 2.75 bits per heavy atom. The fourth-order valence-corrected chi connectivity index (χ4v) is 3.42. The van der Waals surface area contributed by atoms with Gasteiger partial charge >= 0.3 is 6.03 Å². The van der Waals surface area contributed by atoms with E-state index in [0.717, 1.165) is 24.0 Å². The van der Waals surface area contributed by atoms with E-state index in [2.05, 4.69) is 0 Å². The molecule has 4 rings (SSSR count). The maximum atomic E-state index is 12.6. The molecule has 0 bridgehead atoms. The number of hydrogen-bond acceptors (Lipinski definition) is 4. The number of nitrogens with zero attached hydrogens (tertiary/aromatic N) is 2. The van der Waals surface area contributed by atoms with Gasteiger partial charge in [0.25, 0.3) is 5.91 Å². The van der Waals surface area contributed by atoms with Crippen molar-refractivity contribution in [1.82, 2.24) is 4.90 Å². The number of aldehydes is 1. The Balaban J connectivity index is 1.75. The highest BCUT2D eigenvalue weighted by Gasteiger charge is 2.48. The van der Waals surface area contributed by atoms with Crippen LogP contribution in [0.3, 0.4) is 0 Å². The summed E-state index contributed by atoms with van der Waals surface area (Å²) >= 11 is 0. The van der Waals surface area contributed by atoms with Crippen LogP contribution in [-0.4, -0.2) is 35.7 Å². The highest BCUT2D eigenvalue weighted by molar-refractivity contribution is 6.22. The van der Waals surface area contributed by atoms with Crippen molar-refractivity contribution in [1.29, 1.82) is 0 Å².